The zero-order valence-electron chi connectivity index (χ0n) is 18.2. The minimum atomic E-state index is -0.0926. The Labute approximate surface area is 198 Å². The van der Waals surface area contributed by atoms with E-state index in [0.29, 0.717) is 29.4 Å². The Balaban J connectivity index is 1.23. The largest absolute Gasteiger partial charge is 0.484 e. The third kappa shape index (κ3) is 6.24. The maximum Gasteiger partial charge on any atom is 0.260 e. The molecule has 0 unspecified atom stereocenters. The van der Waals surface area contributed by atoms with Crippen LogP contribution in [0.2, 0.25) is 5.02 Å². The number of hydrogen-bond acceptors (Lipinski definition) is 4. The second-order valence-corrected chi connectivity index (χ2v) is 8.20. The minimum absolute atomic E-state index is 0.00950. The first kappa shape index (κ1) is 22.6. The quantitative estimate of drug-likeness (QED) is 0.369. The van der Waals surface area contributed by atoms with Gasteiger partial charge in [0.25, 0.3) is 5.91 Å². The molecule has 0 atom stereocenters. The Morgan fingerprint density at radius 1 is 0.848 bits per heavy atom. The van der Waals surface area contributed by atoms with Gasteiger partial charge in [-0.05, 0) is 60.2 Å². The predicted molar refractivity (Wildman–Crippen MR) is 132 cm³/mol. The van der Waals surface area contributed by atoms with Crippen LogP contribution in [0.15, 0.2) is 84.9 Å². The number of piperazine rings is 1. The van der Waals surface area contributed by atoms with E-state index in [1.165, 1.54) is 11.8 Å². The number of benzene rings is 3. The Morgan fingerprint density at radius 2 is 1.52 bits per heavy atom. The van der Waals surface area contributed by atoms with Crippen LogP contribution in [-0.4, -0.2) is 49.4 Å². The highest BCUT2D eigenvalue weighted by atomic mass is 35.5. The molecule has 0 spiro atoms. The second-order valence-electron chi connectivity index (χ2n) is 7.77. The number of nitrogens with zero attached hydrogens (tertiary/aromatic N) is 2. The molecule has 1 saturated heterocycles. The summed E-state index contributed by atoms with van der Waals surface area (Å²) in [6.45, 7) is 3.00. The van der Waals surface area contributed by atoms with E-state index in [1.807, 2.05) is 35.2 Å². The lowest BCUT2D eigenvalue weighted by Gasteiger charge is -2.36. The smallest absolute Gasteiger partial charge is 0.260 e. The summed E-state index contributed by atoms with van der Waals surface area (Å²) in [5.74, 6) is 0.512. The van der Waals surface area contributed by atoms with Gasteiger partial charge in [0.15, 0.2) is 12.4 Å². The standard InChI is InChI=1S/C27H25ClN2O3/c28-23-11-9-22(10-12-23)26(31)15-8-21-6-13-25(14-7-21)33-20-27(32)30-18-16-29(17-19-30)24-4-2-1-3-5-24/h1-15H,16-20H2/b15-8-. The van der Waals surface area contributed by atoms with Crippen molar-refractivity contribution in [3.63, 3.8) is 0 Å². The van der Waals surface area contributed by atoms with Crippen LogP contribution in [0, 0.1) is 0 Å². The summed E-state index contributed by atoms with van der Waals surface area (Å²) in [6, 6.07) is 24.3. The molecule has 1 aliphatic heterocycles. The van der Waals surface area contributed by atoms with Crippen molar-refractivity contribution in [1.29, 1.82) is 0 Å². The van der Waals surface area contributed by atoms with Gasteiger partial charge in [-0.2, -0.15) is 0 Å². The van der Waals surface area contributed by atoms with Gasteiger partial charge in [0.1, 0.15) is 5.75 Å². The summed E-state index contributed by atoms with van der Waals surface area (Å²) in [4.78, 5) is 28.9. The van der Waals surface area contributed by atoms with Gasteiger partial charge < -0.3 is 14.5 Å². The van der Waals surface area contributed by atoms with Crippen LogP contribution in [0.4, 0.5) is 5.69 Å². The molecule has 1 heterocycles. The van der Waals surface area contributed by atoms with Crippen LogP contribution in [0.25, 0.3) is 6.08 Å². The number of hydrogen-bond donors (Lipinski definition) is 0. The van der Waals surface area contributed by atoms with Gasteiger partial charge >= 0.3 is 0 Å². The fraction of sp³-hybridized carbons (Fsp3) is 0.185. The van der Waals surface area contributed by atoms with Crippen LogP contribution in [0.5, 0.6) is 5.75 Å². The lowest BCUT2D eigenvalue weighted by molar-refractivity contribution is -0.133. The summed E-state index contributed by atoms with van der Waals surface area (Å²) >= 11 is 5.86. The third-order valence-corrected chi connectivity index (χ3v) is 5.80. The number of para-hydroxylation sites is 1. The molecule has 0 aromatic heterocycles. The highest BCUT2D eigenvalue weighted by molar-refractivity contribution is 6.30. The van der Waals surface area contributed by atoms with Crippen molar-refractivity contribution in [3.05, 3.63) is 101 Å². The van der Waals surface area contributed by atoms with Crippen molar-refractivity contribution in [2.24, 2.45) is 0 Å². The molecular weight excluding hydrogens is 436 g/mol. The minimum Gasteiger partial charge on any atom is -0.484 e. The number of rotatable bonds is 7. The van der Waals surface area contributed by atoms with E-state index in [-0.39, 0.29) is 18.3 Å². The zero-order valence-corrected chi connectivity index (χ0v) is 18.9. The Hall–Kier alpha value is -3.57. The molecule has 0 N–H and O–H groups in total. The van der Waals surface area contributed by atoms with E-state index in [2.05, 4.69) is 17.0 Å². The van der Waals surface area contributed by atoms with Crippen molar-refractivity contribution in [3.8, 4) is 5.75 Å². The number of ketones is 1. The molecule has 3 aromatic rings. The summed E-state index contributed by atoms with van der Waals surface area (Å²) in [5, 5.41) is 0.596. The van der Waals surface area contributed by atoms with Crippen LogP contribution >= 0.6 is 11.6 Å². The maximum atomic E-state index is 12.5. The van der Waals surface area contributed by atoms with Gasteiger partial charge in [0, 0.05) is 42.5 Å². The van der Waals surface area contributed by atoms with Crippen LogP contribution in [0.1, 0.15) is 15.9 Å². The summed E-state index contributed by atoms with van der Waals surface area (Å²) in [7, 11) is 0. The number of carbonyl (C=O) groups excluding carboxylic acids is 2. The van der Waals surface area contributed by atoms with E-state index in [1.54, 1.807) is 42.5 Å². The maximum absolute atomic E-state index is 12.5. The molecule has 5 nitrogen and oxygen atoms in total. The van der Waals surface area contributed by atoms with Gasteiger partial charge in [-0.3, -0.25) is 9.59 Å². The van der Waals surface area contributed by atoms with Crippen molar-refractivity contribution in [2.75, 3.05) is 37.7 Å². The van der Waals surface area contributed by atoms with Crippen molar-refractivity contribution in [2.45, 2.75) is 0 Å². The number of allylic oxidation sites excluding steroid dienone is 1. The molecule has 3 aromatic carbocycles. The molecule has 0 aliphatic carbocycles. The van der Waals surface area contributed by atoms with E-state index < -0.39 is 0 Å². The first-order valence-corrected chi connectivity index (χ1v) is 11.2. The van der Waals surface area contributed by atoms with E-state index >= 15 is 0 Å². The van der Waals surface area contributed by atoms with Crippen LogP contribution in [-0.2, 0) is 4.79 Å². The van der Waals surface area contributed by atoms with Gasteiger partial charge in [0.05, 0.1) is 0 Å². The number of halogens is 1. The topological polar surface area (TPSA) is 49.9 Å². The van der Waals surface area contributed by atoms with E-state index in [9.17, 15) is 9.59 Å². The average molecular weight is 461 g/mol. The fourth-order valence-corrected chi connectivity index (χ4v) is 3.77. The fourth-order valence-electron chi connectivity index (χ4n) is 3.65. The van der Waals surface area contributed by atoms with Crippen LogP contribution in [0.3, 0.4) is 0 Å². The average Bonchev–Trinajstić information content (AvgIpc) is 2.87. The molecule has 4 rings (SSSR count). The number of ether oxygens (including phenoxy) is 1. The molecule has 0 radical (unpaired) electrons. The first-order chi connectivity index (χ1) is 16.1. The monoisotopic (exact) mass is 460 g/mol. The highest BCUT2D eigenvalue weighted by Crippen LogP contribution is 2.17. The molecule has 1 fully saturated rings. The molecular formula is C27H25ClN2O3. The molecule has 0 bridgehead atoms. The molecule has 1 amide bonds. The van der Waals surface area contributed by atoms with E-state index in [4.69, 9.17) is 16.3 Å². The Bertz CT molecular complexity index is 1100. The van der Waals surface area contributed by atoms with Crippen molar-refractivity contribution < 1.29 is 14.3 Å². The van der Waals surface area contributed by atoms with Gasteiger partial charge in [0.2, 0.25) is 0 Å². The Morgan fingerprint density at radius 3 is 2.18 bits per heavy atom. The normalized spacial score (nSPS) is 13.8. The molecule has 0 saturated carbocycles. The second kappa shape index (κ2) is 10.8. The van der Waals surface area contributed by atoms with Crippen molar-refractivity contribution in [1.82, 2.24) is 4.90 Å². The lowest BCUT2D eigenvalue weighted by atomic mass is 10.1. The van der Waals surface area contributed by atoms with Gasteiger partial charge in [-0.25, -0.2) is 0 Å². The Kier molecular flexibility index (Phi) is 7.43. The lowest BCUT2D eigenvalue weighted by Crippen LogP contribution is -2.50. The number of amides is 1. The van der Waals surface area contributed by atoms with Crippen LogP contribution < -0.4 is 9.64 Å². The summed E-state index contributed by atoms with van der Waals surface area (Å²) in [6.07, 6.45) is 3.27. The van der Waals surface area contributed by atoms with Gasteiger partial charge in [-0.1, -0.05) is 48.0 Å². The predicted octanol–water partition coefficient (Wildman–Crippen LogP) is 4.96. The molecule has 6 heteroatoms. The molecule has 33 heavy (non-hydrogen) atoms. The number of anilines is 1. The SMILES string of the molecule is O=C(/C=C\c1ccc(OCC(=O)N2CCN(c3ccccc3)CC2)cc1)c1ccc(Cl)cc1. The molecule has 168 valence electrons. The van der Waals surface area contributed by atoms with Gasteiger partial charge in [-0.15, -0.1) is 0 Å². The first-order valence-electron chi connectivity index (χ1n) is 10.9. The summed E-state index contributed by atoms with van der Waals surface area (Å²) in [5.41, 5.74) is 2.64. The zero-order chi connectivity index (χ0) is 23.0. The summed E-state index contributed by atoms with van der Waals surface area (Å²) < 4.78 is 5.69. The number of carbonyl (C=O) groups is 2. The molecule has 1 aliphatic rings. The highest BCUT2D eigenvalue weighted by Gasteiger charge is 2.21. The third-order valence-electron chi connectivity index (χ3n) is 5.55. The van der Waals surface area contributed by atoms with E-state index in [0.717, 1.165) is 18.7 Å². The van der Waals surface area contributed by atoms with Crippen molar-refractivity contribution >= 4 is 35.1 Å².